The van der Waals surface area contributed by atoms with Crippen molar-refractivity contribution >= 4 is 40.2 Å². The molecule has 1 amide bonds. The van der Waals surface area contributed by atoms with Crippen LogP contribution in [0.3, 0.4) is 0 Å². The SMILES string of the molecule is CCN(Cc1nc2cc(Cl)ccc2c(=O)[nH]1)C(=O)CSc1ccccc1C. The summed E-state index contributed by atoms with van der Waals surface area (Å²) < 4.78 is 0. The highest BCUT2D eigenvalue weighted by Gasteiger charge is 2.15. The number of nitrogens with zero attached hydrogens (tertiary/aromatic N) is 2. The van der Waals surface area contributed by atoms with E-state index in [-0.39, 0.29) is 18.0 Å². The molecule has 27 heavy (non-hydrogen) atoms. The van der Waals surface area contributed by atoms with Crippen LogP contribution in [0, 0.1) is 6.92 Å². The molecule has 0 aliphatic heterocycles. The quantitative estimate of drug-likeness (QED) is 0.633. The van der Waals surface area contributed by atoms with Crippen molar-refractivity contribution in [3.05, 3.63) is 69.2 Å². The van der Waals surface area contributed by atoms with Crippen LogP contribution in [0.5, 0.6) is 0 Å². The summed E-state index contributed by atoms with van der Waals surface area (Å²) in [5.74, 6) is 0.785. The van der Waals surface area contributed by atoms with Gasteiger partial charge >= 0.3 is 0 Å². The summed E-state index contributed by atoms with van der Waals surface area (Å²) >= 11 is 7.52. The van der Waals surface area contributed by atoms with Crippen LogP contribution in [0.1, 0.15) is 18.3 Å². The van der Waals surface area contributed by atoms with E-state index < -0.39 is 0 Å². The van der Waals surface area contributed by atoms with Crippen LogP contribution in [0.25, 0.3) is 10.9 Å². The van der Waals surface area contributed by atoms with Gasteiger partial charge in [-0.2, -0.15) is 0 Å². The molecule has 0 atom stereocenters. The van der Waals surface area contributed by atoms with Gasteiger partial charge in [-0.1, -0.05) is 29.8 Å². The summed E-state index contributed by atoms with van der Waals surface area (Å²) in [4.78, 5) is 34.9. The number of nitrogens with one attached hydrogen (secondary N) is 1. The summed E-state index contributed by atoms with van der Waals surface area (Å²) in [5.41, 5.74) is 1.44. The molecule has 1 aromatic heterocycles. The Kier molecular flexibility index (Phi) is 6.19. The normalized spacial score (nSPS) is 10.9. The van der Waals surface area contributed by atoms with Gasteiger partial charge in [-0.3, -0.25) is 9.59 Å². The largest absolute Gasteiger partial charge is 0.335 e. The van der Waals surface area contributed by atoms with E-state index in [4.69, 9.17) is 11.6 Å². The molecule has 3 rings (SSSR count). The lowest BCUT2D eigenvalue weighted by Crippen LogP contribution is -2.33. The van der Waals surface area contributed by atoms with Crippen molar-refractivity contribution in [1.82, 2.24) is 14.9 Å². The van der Waals surface area contributed by atoms with Crippen LogP contribution in [0.2, 0.25) is 5.02 Å². The van der Waals surface area contributed by atoms with Gasteiger partial charge in [-0.15, -0.1) is 11.8 Å². The number of carbonyl (C=O) groups excluding carboxylic acids is 1. The Morgan fingerprint density at radius 1 is 1.26 bits per heavy atom. The molecular formula is C20H20ClN3O2S. The van der Waals surface area contributed by atoms with Crippen LogP contribution in [0.4, 0.5) is 0 Å². The zero-order valence-corrected chi connectivity index (χ0v) is 16.7. The smallest absolute Gasteiger partial charge is 0.258 e. The lowest BCUT2D eigenvalue weighted by atomic mass is 10.2. The number of hydrogen-bond donors (Lipinski definition) is 1. The lowest BCUT2D eigenvalue weighted by molar-refractivity contribution is -0.128. The Bertz CT molecular complexity index is 1040. The number of rotatable bonds is 6. The summed E-state index contributed by atoms with van der Waals surface area (Å²) in [7, 11) is 0. The van der Waals surface area contributed by atoms with Gasteiger partial charge in [0.2, 0.25) is 5.91 Å². The van der Waals surface area contributed by atoms with Gasteiger partial charge in [0.05, 0.1) is 23.2 Å². The van der Waals surface area contributed by atoms with Crippen molar-refractivity contribution in [3.8, 4) is 0 Å². The first-order valence-electron chi connectivity index (χ1n) is 8.62. The van der Waals surface area contributed by atoms with Gasteiger partial charge in [0.15, 0.2) is 0 Å². The summed E-state index contributed by atoms with van der Waals surface area (Å²) in [6.07, 6.45) is 0. The third-order valence-electron chi connectivity index (χ3n) is 4.24. The molecule has 5 nitrogen and oxygen atoms in total. The van der Waals surface area contributed by atoms with Crippen LogP contribution in [-0.4, -0.2) is 33.1 Å². The number of aromatic nitrogens is 2. The molecule has 0 radical (unpaired) electrons. The van der Waals surface area contributed by atoms with Crippen LogP contribution in [-0.2, 0) is 11.3 Å². The van der Waals surface area contributed by atoms with E-state index in [9.17, 15) is 9.59 Å². The first-order chi connectivity index (χ1) is 13.0. The van der Waals surface area contributed by atoms with E-state index in [0.29, 0.717) is 34.0 Å². The van der Waals surface area contributed by atoms with E-state index in [0.717, 1.165) is 10.5 Å². The minimum atomic E-state index is -0.232. The van der Waals surface area contributed by atoms with Gasteiger partial charge < -0.3 is 9.88 Å². The van der Waals surface area contributed by atoms with Crippen LogP contribution >= 0.6 is 23.4 Å². The summed E-state index contributed by atoms with van der Waals surface area (Å²) in [6, 6.07) is 12.9. The zero-order chi connectivity index (χ0) is 19.4. The number of hydrogen-bond acceptors (Lipinski definition) is 4. The molecule has 0 aliphatic carbocycles. The molecule has 0 unspecified atom stereocenters. The van der Waals surface area contributed by atoms with E-state index in [1.807, 2.05) is 38.1 Å². The number of thioether (sulfide) groups is 1. The first-order valence-corrected chi connectivity index (χ1v) is 9.99. The lowest BCUT2D eigenvalue weighted by Gasteiger charge is -2.20. The predicted octanol–water partition coefficient (Wildman–Crippen LogP) is 4.03. The highest BCUT2D eigenvalue weighted by Crippen LogP contribution is 2.22. The molecule has 3 aromatic rings. The number of benzene rings is 2. The van der Waals surface area contributed by atoms with Gasteiger partial charge in [0.25, 0.3) is 5.56 Å². The van der Waals surface area contributed by atoms with E-state index in [1.54, 1.807) is 23.1 Å². The van der Waals surface area contributed by atoms with E-state index in [2.05, 4.69) is 9.97 Å². The Hall–Kier alpha value is -2.31. The second-order valence-corrected chi connectivity index (χ2v) is 7.59. The van der Waals surface area contributed by atoms with Crippen molar-refractivity contribution in [2.24, 2.45) is 0 Å². The number of halogens is 1. The molecule has 1 N–H and O–H groups in total. The second kappa shape index (κ2) is 8.59. The molecule has 140 valence electrons. The van der Waals surface area contributed by atoms with Gasteiger partial charge in [0.1, 0.15) is 5.82 Å². The van der Waals surface area contributed by atoms with Crippen LogP contribution in [0.15, 0.2) is 52.2 Å². The Labute approximate surface area is 166 Å². The predicted molar refractivity (Wildman–Crippen MR) is 110 cm³/mol. The third-order valence-corrected chi connectivity index (χ3v) is 5.63. The Balaban J connectivity index is 1.74. The number of carbonyl (C=O) groups is 1. The van der Waals surface area contributed by atoms with Crippen LogP contribution < -0.4 is 5.56 Å². The highest BCUT2D eigenvalue weighted by atomic mass is 35.5. The second-order valence-electron chi connectivity index (χ2n) is 6.14. The summed E-state index contributed by atoms with van der Waals surface area (Å²) in [6.45, 7) is 4.72. The maximum atomic E-state index is 12.6. The molecule has 0 fully saturated rings. The van der Waals surface area contributed by atoms with Gasteiger partial charge in [0, 0.05) is 16.5 Å². The Morgan fingerprint density at radius 2 is 2.04 bits per heavy atom. The number of fused-ring (bicyclic) bond motifs is 1. The molecule has 0 saturated carbocycles. The molecule has 2 aromatic carbocycles. The molecule has 0 bridgehead atoms. The first kappa shape index (κ1) is 19.5. The number of aromatic amines is 1. The van der Waals surface area contributed by atoms with Crippen molar-refractivity contribution < 1.29 is 4.79 Å². The molecule has 0 aliphatic rings. The topological polar surface area (TPSA) is 66.1 Å². The monoisotopic (exact) mass is 401 g/mol. The fraction of sp³-hybridized carbons (Fsp3) is 0.250. The van der Waals surface area contributed by atoms with E-state index in [1.165, 1.54) is 11.8 Å². The third kappa shape index (κ3) is 4.70. The standard InChI is InChI=1S/C20H20ClN3O2S/c1-3-24(19(25)12-27-17-7-5-4-6-13(17)2)11-18-22-16-10-14(21)8-9-15(16)20(26)23-18/h4-10H,3,11-12H2,1-2H3,(H,22,23,26). The van der Waals surface area contributed by atoms with Crippen molar-refractivity contribution in [3.63, 3.8) is 0 Å². The molecule has 0 saturated heterocycles. The average molecular weight is 402 g/mol. The van der Waals surface area contributed by atoms with Crippen molar-refractivity contribution in [2.75, 3.05) is 12.3 Å². The number of amides is 1. The van der Waals surface area contributed by atoms with E-state index >= 15 is 0 Å². The van der Waals surface area contributed by atoms with Crippen molar-refractivity contribution in [2.45, 2.75) is 25.3 Å². The van der Waals surface area contributed by atoms with Gasteiger partial charge in [-0.25, -0.2) is 4.98 Å². The minimum absolute atomic E-state index is 0.000377. The number of H-pyrrole nitrogens is 1. The van der Waals surface area contributed by atoms with Crippen molar-refractivity contribution in [1.29, 1.82) is 0 Å². The number of aryl methyl sites for hydroxylation is 1. The fourth-order valence-corrected chi connectivity index (χ4v) is 3.84. The highest BCUT2D eigenvalue weighted by molar-refractivity contribution is 8.00. The maximum absolute atomic E-state index is 12.6. The molecule has 1 heterocycles. The molecule has 7 heteroatoms. The summed E-state index contributed by atoms with van der Waals surface area (Å²) in [5, 5.41) is 0.997. The van der Waals surface area contributed by atoms with Gasteiger partial charge in [-0.05, 0) is 43.7 Å². The molecular weight excluding hydrogens is 382 g/mol. The minimum Gasteiger partial charge on any atom is -0.335 e. The Morgan fingerprint density at radius 3 is 2.78 bits per heavy atom. The fourth-order valence-electron chi connectivity index (χ4n) is 2.74. The molecule has 0 spiro atoms. The maximum Gasteiger partial charge on any atom is 0.258 e. The zero-order valence-electron chi connectivity index (χ0n) is 15.2. The average Bonchev–Trinajstić information content (AvgIpc) is 2.64.